The Hall–Kier alpha value is -2.37. The van der Waals surface area contributed by atoms with Crippen molar-refractivity contribution in [1.29, 1.82) is 0 Å². The van der Waals surface area contributed by atoms with E-state index < -0.39 is 0 Å². The minimum absolute atomic E-state index is 0.556. The summed E-state index contributed by atoms with van der Waals surface area (Å²) in [5, 5.41) is 4.38. The van der Waals surface area contributed by atoms with Gasteiger partial charge in [-0.3, -0.25) is 4.90 Å². The lowest BCUT2D eigenvalue weighted by Crippen LogP contribution is -2.46. The van der Waals surface area contributed by atoms with Gasteiger partial charge in [0.15, 0.2) is 11.6 Å². The van der Waals surface area contributed by atoms with Gasteiger partial charge in [-0.05, 0) is 42.7 Å². The first-order chi connectivity index (χ1) is 13.7. The molecule has 2 aromatic carbocycles. The second-order valence-corrected chi connectivity index (χ2v) is 8.13. The molecule has 0 atom stereocenters. The summed E-state index contributed by atoms with van der Waals surface area (Å²) < 4.78 is 0. The average Bonchev–Trinajstić information content (AvgIpc) is 3.54. The van der Waals surface area contributed by atoms with Crippen molar-refractivity contribution in [2.75, 3.05) is 36.4 Å². The minimum Gasteiger partial charge on any atom is -0.364 e. The van der Waals surface area contributed by atoms with Crippen molar-refractivity contribution in [1.82, 2.24) is 14.9 Å². The van der Waals surface area contributed by atoms with E-state index in [0.29, 0.717) is 6.04 Å². The van der Waals surface area contributed by atoms with E-state index in [9.17, 15) is 0 Å². The largest absolute Gasteiger partial charge is 0.364 e. The van der Waals surface area contributed by atoms with E-state index in [-0.39, 0.29) is 0 Å². The van der Waals surface area contributed by atoms with Crippen molar-refractivity contribution >= 4 is 34.3 Å². The number of hydrogen-bond donors (Lipinski definition) is 1. The van der Waals surface area contributed by atoms with E-state index in [1.165, 1.54) is 18.4 Å². The number of benzene rings is 2. The van der Waals surface area contributed by atoms with Gasteiger partial charge in [-0.2, -0.15) is 0 Å². The molecule has 1 saturated carbocycles. The molecule has 1 aliphatic heterocycles. The quantitative estimate of drug-likeness (QED) is 0.704. The van der Waals surface area contributed by atoms with Crippen molar-refractivity contribution < 1.29 is 0 Å². The second kappa shape index (κ2) is 7.57. The van der Waals surface area contributed by atoms with Gasteiger partial charge in [0.25, 0.3) is 0 Å². The number of para-hydroxylation sites is 2. The molecule has 144 valence electrons. The monoisotopic (exact) mass is 393 g/mol. The van der Waals surface area contributed by atoms with Gasteiger partial charge in [0.2, 0.25) is 0 Å². The Morgan fingerprint density at radius 3 is 2.25 bits per heavy atom. The number of hydrogen-bond acceptors (Lipinski definition) is 5. The number of anilines is 2. The van der Waals surface area contributed by atoms with Crippen LogP contribution in [0.3, 0.4) is 0 Å². The summed E-state index contributed by atoms with van der Waals surface area (Å²) >= 11 is 6.00. The Morgan fingerprint density at radius 2 is 1.57 bits per heavy atom. The predicted molar refractivity (Wildman–Crippen MR) is 115 cm³/mol. The molecule has 0 spiro atoms. The summed E-state index contributed by atoms with van der Waals surface area (Å²) in [5.41, 5.74) is 3.22. The Morgan fingerprint density at radius 1 is 0.893 bits per heavy atom. The van der Waals surface area contributed by atoms with Crippen molar-refractivity contribution in [3.05, 3.63) is 59.1 Å². The number of piperazine rings is 1. The number of nitrogens with zero attached hydrogens (tertiary/aromatic N) is 4. The van der Waals surface area contributed by atoms with Crippen LogP contribution in [0, 0.1) is 0 Å². The molecule has 1 aromatic heterocycles. The standard InChI is InChI=1S/C22H24ClN5/c23-17-7-5-16(6-8-17)15-27-11-13-28(14-12-27)22-21(24-18-9-10-18)25-19-3-1-2-4-20(19)26-22/h1-8,18H,9-15H2,(H,24,25). The third kappa shape index (κ3) is 3.91. The van der Waals surface area contributed by atoms with Crippen LogP contribution in [-0.4, -0.2) is 47.1 Å². The van der Waals surface area contributed by atoms with Crippen molar-refractivity contribution in [3.63, 3.8) is 0 Å². The second-order valence-electron chi connectivity index (χ2n) is 7.69. The zero-order chi connectivity index (χ0) is 18.9. The first-order valence-corrected chi connectivity index (χ1v) is 10.4. The Kier molecular flexibility index (Phi) is 4.79. The number of nitrogens with one attached hydrogen (secondary N) is 1. The van der Waals surface area contributed by atoms with E-state index in [1.54, 1.807) is 0 Å². The zero-order valence-electron chi connectivity index (χ0n) is 15.8. The number of aromatic nitrogens is 2. The van der Waals surface area contributed by atoms with Crippen LogP contribution in [0.5, 0.6) is 0 Å². The van der Waals surface area contributed by atoms with Gasteiger partial charge >= 0.3 is 0 Å². The van der Waals surface area contributed by atoms with Gasteiger partial charge in [0.1, 0.15) is 0 Å². The molecule has 1 saturated heterocycles. The van der Waals surface area contributed by atoms with Crippen molar-refractivity contribution in [2.24, 2.45) is 0 Å². The normalized spacial score (nSPS) is 17.8. The predicted octanol–water partition coefficient (Wildman–Crippen LogP) is 4.18. The molecule has 28 heavy (non-hydrogen) atoms. The maximum absolute atomic E-state index is 6.00. The zero-order valence-corrected chi connectivity index (χ0v) is 16.6. The average molecular weight is 394 g/mol. The van der Waals surface area contributed by atoms with E-state index in [0.717, 1.165) is 60.4 Å². The summed E-state index contributed by atoms with van der Waals surface area (Å²) in [4.78, 5) is 14.7. The molecule has 5 nitrogen and oxygen atoms in total. The highest BCUT2D eigenvalue weighted by molar-refractivity contribution is 6.30. The molecule has 0 radical (unpaired) electrons. The van der Waals surface area contributed by atoms with Crippen LogP contribution in [-0.2, 0) is 6.54 Å². The van der Waals surface area contributed by atoms with Gasteiger partial charge in [-0.1, -0.05) is 35.9 Å². The van der Waals surface area contributed by atoms with E-state index in [4.69, 9.17) is 21.6 Å². The van der Waals surface area contributed by atoms with E-state index in [1.807, 2.05) is 36.4 Å². The molecule has 5 rings (SSSR count). The Bertz CT molecular complexity index is 962. The fourth-order valence-corrected chi connectivity index (χ4v) is 3.82. The highest BCUT2D eigenvalue weighted by Gasteiger charge is 2.26. The maximum Gasteiger partial charge on any atom is 0.172 e. The number of rotatable bonds is 5. The van der Waals surface area contributed by atoms with Crippen LogP contribution in [0.25, 0.3) is 11.0 Å². The maximum atomic E-state index is 6.00. The highest BCUT2D eigenvalue weighted by atomic mass is 35.5. The lowest BCUT2D eigenvalue weighted by Gasteiger charge is -2.36. The van der Waals surface area contributed by atoms with E-state index >= 15 is 0 Å². The van der Waals surface area contributed by atoms with Gasteiger partial charge in [0.05, 0.1) is 11.0 Å². The van der Waals surface area contributed by atoms with Gasteiger partial charge in [0, 0.05) is 43.8 Å². The lowest BCUT2D eigenvalue weighted by atomic mass is 10.2. The SMILES string of the molecule is Clc1ccc(CN2CCN(c3nc4ccccc4nc3NC3CC3)CC2)cc1. The number of fused-ring (bicyclic) bond motifs is 1. The molecule has 1 aliphatic carbocycles. The molecular weight excluding hydrogens is 370 g/mol. The summed E-state index contributed by atoms with van der Waals surface area (Å²) in [7, 11) is 0. The highest BCUT2D eigenvalue weighted by Crippen LogP contribution is 2.31. The van der Waals surface area contributed by atoms with Gasteiger partial charge in [-0.15, -0.1) is 0 Å². The van der Waals surface area contributed by atoms with Crippen LogP contribution in [0.15, 0.2) is 48.5 Å². The minimum atomic E-state index is 0.556. The van der Waals surface area contributed by atoms with Crippen molar-refractivity contribution in [2.45, 2.75) is 25.4 Å². The van der Waals surface area contributed by atoms with Crippen LogP contribution in [0.1, 0.15) is 18.4 Å². The van der Waals surface area contributed by atoms with Gasteiger partial charge in [-0.25, -0.2) is 9.97 Å². The molecule has 3 aromatic rings. The summed E-state index contributed by atoms with van der Waals surface area (Å²) in [6.45, 7) is 4.90. The molecular formula is C22H24ClN5. The molecule has 0 bridgehead atoms. The first kappa shape index (κ1) is 17.7. The van der Waals surface area contributed by atoms with Gasteiger partial charge < -0.3 is 10.2 Å². The Labute approximate surface area is 170 Å². The smallest absolute Gasteiger partial charge is 0.172 e. The van der Waals surface area contributed by atoms with Crippen LogP contribution < -0.4 is 10.2 Å². The summed E-state index contributed by atoms with van der Waals surface area (Å²) in [5.74, 6) is 1.93. The van der Waals surface area contributed by atoms with Crippen LogP contribution in [0.4, 0.5) is 11.6 Å². The first-order valence-electron chi connectivity index (χ1n) is 10.00. The molecule has 1 N–H and O–H groups in total. The fourth-order valence-electron chi connectivity index (χ4n) is 3.69. The molecule has 2 aliphatic rings. The molecule has 6 heteroatoms. The molecule has 0 unspecified atom stereocenters. The van der Waals surface area contributed by atoms with E-state index in [2.05, 4.69) is 27.2 Å². The summed E-state index contributed by atoms with van der Waals surface area (Å²) in [6.07, 6.45) is 2.45. The molecule has 0 amide bonds. The Balaban J connectivity index is 1.32. The summed E-state index contributed by atoms with van der Waals surface area (Å²) in [6, 6.07) is 16.8. The molecule has 2 fully saturated rings. The lowest BCUT2D eigenvalue weighted by molar-refractivity contribution is 0.249. The van der Waals surface area contributed by atoms with Crippen LogP contribution in [0.2, 0.25) is 5.02 Å². The van der Waals surface area contributed by atoms with Crippen molar-refractivity contribution in [3.8, 4) is 0 Å². The third-order valence-corrected chi connectivity index (χ3v) is 5.71. The fraction of sp³-hybridized carbons (Fsp3) is 0.364. The molecule has 2 heterocycles. The van der Waals surface area contributed by atoms with Crippen LogP contribution >= 0.6 is 11.6 Å². The third-order valence-electron chi connectivity index (χ3n) is 5.46. The number of halogens is 1. The topological polar surface area (TPSA) is 44.3 Å².